The number of β-amino-alcohol motifs (C(OH)–C–C–N with tert-alkyl or cyclic N) is 1. The van der Waals surface area contributed by atoms with E-state index in [-0.39, 0.29) is 31.6 Å². The lowest BCUT2D eigenvalue weighted by Gasteiger charge is -2.42. The van der Waals surface area contributed by atoms with Crippen LogP contribution in [0.15, 0.2) is 25.3 Å². The van der Waals surface area contributed by atoms with Gasteiger partial charge in [0, 0.05) is 18.6 Å². The van der Waals surface area contributed by atoms with Crippen LogP contribution < -0.4 is 0 Å². The van der Waals surface area contributed by atoms with Crippen molar-refractivity contribution in [3.8, 4) is 0 Å². The van der Waals surface area contributed by atoms with Crippen molar-refractivity contribution in [2.75, 3.05) is 26.3 Å². The summed E-state index contributed by atoms with van der Waals surface area (Å²) in [6.45, 7) is 15.1. The summed E-state index contributed by atoms with van der Waals surface area (Å²) in [5, 5.41) is 9.69. The van der Waals surface area contributed by atoms with Gasteiger partial charge in [-0.15, -0.1) is 6.58 Å². The molecule has 1 N–H and O–H groups in total. The summed E-state index contributed by atoms with van der Waals surface area (Å²) in [4.78, 5) is 43.8. The molecule has 0 aromatic rings. The van der Waals surface area contributed by atoms with Crippen LogP contribution in [0.1, 0.15) is 47.0 Å². The molecule has 3 saturated heterocycles. The van der Waals surface area contributed by atoms with Crippen molar-refractivity contribution in [3.63, 3.8) is 0 Å². The molecule has 2 amide bonds. The Bertz CT molecular complexity index is 805. The quantitative estimate of drug-likeness (QED) is 0.426. The lowest BCUT2D eigenvalue weighted by atomic mass is 9.65. The SMILES string of the molecule is C=CCOC(=O)[C@H]1[C@H]2C(=O)N(CCO)C(C(=O)N(CC=C)C(C)(C)C)C23CC[C@]1(CC)O3. The largest absolute Gasteiger partial charge is 0.461 e. The number of esters is 1. The van der Waals surface area contributed by atoms with Gasteiger partial charge in [-0.1, -0.05) is 25.7 Å². The van der Waals surface area contributed by atoms with Gasteiger partial charge >= 0.3 is 5.97 Å². The monoisotopic (exact) mass is 448 g/mol. The third-order valence-corrected chi connectivity index (χ3v) is 7.24. The highest BCUT2D eigenvalue weighted by molar-refractivity contribution is 5.98. The van der Waals surface area contributed by atoms with Crippen LogP contribution in [0, 0.1) is 11.8 Å². The van der Waals surface area contributed by atoms with E-state index < -0.39 is 40.6 Å². The number of hydrogen-bond acceptors (Lipinski definition) is 6. The molecule has 3 heterocycles. The van der Waals surface area contributed by atoms with Gasteiger partial charge in [0.2, 0.25) is 11.8 Å². The number of ether oxygens (including phenoxy) is 2. The van der Waals surface area contributed by atoms with Crippen LogP contribution in [-0.4, -0.2) is 81.8 Å². The van der Waals surface area contributed by atoms with E-state index >= 15 is 0 Å². The molecule has 2 bridgehead atoms. The summed E-state index contributed by atoms with van der Waals surface area (Å²) < 4.78 is 12.0. The first-order valence-electron chi connectivity index (χ1n) is 11.4. The van der Waals surface area contributed by atoms with Crippen LogP contribution in [0.3, 0.4) is 0 Å². The zero-order valence-electron chi connectivity index (χ0n) is 19.6. The summed E-state index contributed by atoms with van der Waals surface area (Å²) in [7, 11) is 0. The molecule has 0 saturated carbocycles. The zero-order chi connectivity index (χ0) is 23.9. The maximum Gasteiger partial charge on any atom is 0.313 e. The van der Waals surface area contributed by atoms with Gasteiger partial charge in [-0.25, -0.2) is 0 Å². The maximum atomic E-state index is 14.0. The van der Waals surface area contributed by atoms with Crippen LogP contribution >= 0.6 is 0 Å². The Morgan fingerprint density at radius 2 is 2.00 bits per heavy atom. The Hall–Kier alpha value is -2.19. The van der Waals surface area contributed by atoms with Gasteiger partial charge < -0.3 is 24.4 Å². The number of hydrogen-bond donors (Lipinski definition) is 1. The molecular weight excluding hydrogens is 412 g/mol. The summed E-state index contributed by atoms with van der Waals surface area (Å²) >= 11 is 0. The van der Waals surface area contributed by atoms with Gasteiger partial charge in [-0.3, -0.25) is 14.4 Å². The number of likely N-dealkylation sites (tertiary alicyclic amines) is 1. The van der Waals surface area contributed by atoms with Gasteiger partial charge in [0.25, 0.3) is 0 Å². The molecule has 2 unspecified atom stereocenters. The second-order valence-electron chi connectivity index (χ2n) is 9.92. The van der Waals surface area contributed by atoms with E-state index in [0.29, 0.717) is 25.8 Å². The summed E-state index contributed by atoms with van der Waals surface area (Å²) in [6.07, 6.45) is 4.73. The minimum atomic E-state index is -1.12. The molecule has 32 heavy (non-hydrogen) atoms. The molecule has 0 aliphatic carbocycles. The van der Waals surface area contributed by atoms with Gasteiger partial charge in [-0.05, 0) is 40.0 Å². The number of aliphatic hydroxyl groups is 1. The Morgan fingerprint density at radius 3 is 2.53 bits per heavy atom. The summed E-state index contributed by atoms with van der Waals surface area (Å²) in [5.41, 5.74) is -2.48. The van der Waals surface area contributed by atoms with Gasteiger partial charge in [-0.2, -0.15) is 0 Å². The average Bonchev–Trinajstić information content (AvgIpc) is 3.33. The molecule has 3 rings (SSSR count). The standard InChI is InChI=1S/C24H36N2O6/c1-7-12-26(22(4,5)6)20(29)18-24-11-10-23(9-3,32-24)17(21(30)31-15-8-2)16(24)19(28)25(18)13-14-27/h7-8,16-18,27H,1-2,9-15H2,3-6H3/t16-,17+,18?,23-,24?/m0/s1. The first-order valence-corrected chi connectivity index (χ1v) is 11.4. The van der Waals surface area contributed by atoms with E-state index in [1.807, 2.05) is 27.7 Å². The number of fused-ring (bicyclic) bond motifs is 1. The fourth-order valence-electron chi connectivity index (χ4n) is 5.91. The minimum absolute atomic E-state index is 0.00350. The van der Waals surface area contributed by atoms with Crippen LogP contribution in [0.2, 0.25) is 0 Å². The zero-order valence-corrected chi connectivity index (χ0v) is 19.6. The number of carbonyl (C=O) groups is 3. The smallest absolute Gasteiger partial charge is 0.313 e. The number of carbonyl (C=O) groups excluding carboxylic acids is 3. The Morgan fingerprint density at radius 1 is 1.31 bits per heavy atom. The topological polar surface area (TPSA) is 96.4 Å². The third-order valence-electron chi connectivity index (χ3n) is 7.24. The highest BCUT2D eigenvalue weighted by atomic mass is 16.6. The van der Waals surface area contributed by atoms with Crippen LogP contribution in [0.5, 0.6) is 0 Å². The highest BCUT2D eigenvalue weighted by Crippen LogP contribution is 2.64. The van der Waals surface area contributed by atoms with Crippen molar-refractivity contribution < 1.29 is 29.0 Å². The molecule has 3 aliphatic rings. The molecule has 0 aromatic carbocycles. The minimum Gasteiger partial charge on any atom is -0.461 e. The number of rotatable bonds is 9. The van der Waals surface area contributed by atoms with Crippen molar-refractivity contribution in [1.82, 2.24) is 9.80 Å². The van der Waals surface area contributed by atoms with Crippen molar-refractivity contribution in [2.45, 2.75) is 69.7 Å². The van der Waals surface area contributed by atoms with Crippen LogP contribution in [-0.2, 0) is 23.9 Å². The van der Waals surface area contributed by atoms with Crippen molar-refractivity contribution in [3.05, 3.63) is 25.3 Å². The van der Waals surface area contributed by atoms with Gasteiger partial charge in [0.15, 0.2) is 0 Å². The van der Waals surface area contributed by atoms with Crippen LogP contribution in [0.4, 0.5) is 0 Å². The maximum absolute atomic E-state index is 14.0. The van der Waals surface area contributed by atoms with E-state index in [0.717, 1.165) is 0 Å². The predicted molar refractivity (Wildman–Crippen MR) is 118 cm³/mol. The van der Waals surface area contributed by atoms with E-state index in [1.54, 1.807) is 11.0 Å². The Labute approximate surface area is 190 Å². The number of amides is 2. The molecular formula is C24H36N2O6. The number of nitrogens with zero attached hydrogens (tertiary/aromatic N) is 2. The predicted octanol–water partition coefficient (Wildman–Crippen LogP) is 1.68. The molecule has 0 radical (unpaired) electrons. The molecule has 8 nitrogen and oxygen atoms in total. The first-order chi connectivity index (χ1) is 15.0. The van der Waals surface area contributed by atoms with E-state index in [1.165, 1.54) is 11.0 Å². The molecule has 5 atom stereocenters. The molecule has 0 aromatic heterocycles. The Balaban J connectivity index is 2.10. The molecule has 1 spiro atoms. The van der Waals surface area contributed by atoms with E-state index in [9.17, 15) is 19.5 Å². The van der Waals surface area contributed by atoms with E-state index in [4.69, 9.17) is 9.47 Å². The number of aliphatic hydroxyl groups excluding tert-OH is 1. The molecule has 8 heteroatoms. The highest BCUT2D eigenvalue weighted by Gasteiger charge is 2.79. The lowest BCUT2D eigenvalue weighted by Crippen LogP contribution is -2.60. The van der Waals surface area contributed by atoms with Crippen LogP contribution in [0.25, 0.3) is 0 Å². The average molecular weight is 449 g/mol. The van der Waals surface area contributed by atoms with Crippen molar-refractivity contribution in [1.29, 1.82) is 0 Å². The van der Waals surface area contributed by atoms with Gasteiger partial charge in [0.05, 0.1) is 18.1 Å². The normalized spacial score (nSPS) is 33.2. The summed E-state index contributed by atoms with van der Waals surface area (Å²) in [6, 6.07) is -0.919. The molecule has 3 fully saturated rings. The van der Waals surface area contributed by atoms with Gasteiger partial charge in [0.1, 0.15) is 24.2 Å². The lowest BCUT2D eigenvalue weighted by molar-refractivity contribution is -0.162. The Kier molecular flexibility index (Phi) is 6.60. The fraction of sp³-hybridized carbons (Fsp3) is 0.708. The second-order valence-corrected chi connectivity index (χ2v) is 9.92. The summed E-state index contributed by atoms with van der Waals surface area (Å²) in [5.74, 6) is -2.70. The first kappa shape index (κ1) is 24.5. The second kappa shape index (κ2) is 8.63. The fourth-order valence-corrected chi connectivity index (χ4v) is 5.91. The van der Waals surface area contributed by atoms with Crippen molar-refractivity contribution in [2.24, 2.45) is 11.8 Å². The molecule has 3 aliphatic heterocycles. The third kappa shape index (κ3) is 3.48. The van der Waals surface area contributed by atoms with E-state index in [2.05, 4.69) is 13.2 Å². The van der Waals surface area contributed by atoms with Crippen molar-refractivity contribution >= 4 is 17.8 Å². The molecule has 178 valence electrons.